The van der Waals surface area contributed by atoms with Gasteiger partial charge in [-0.15, -0.1) is 0 Å². The second kappa shape index (κ2) is 7.26. The van der Waals surface area contributed by atoms with Gasteiger partial charge in [-0.25, -0.2) is 0 Å². The molecular weight excluding hydrogens is 336 g/mol. The molecule has 3 heterocycles. The van der Waals surface area contributed by atoms with Crippen LogP contribution in [0, 0.1) is 18.3 Å². The lowest BCUT2D eigenvalue weighted by molar-refractivity contribution is 0.501. The summed E-state index contributed by atoms with van der Waals surface area (Å²) in [7, 11) is 0. The molecule has 0 unspecified atom stereocenters. The van der Waals surface area contributed by atoms with Crippen LogP contribution in [0.15, 0.2) is 67.3 Å². The highest BCUT2D eigenvalue weighted by atomic mass is 15.3. The van der Waals surface area contributed by atoms with E-state index in [-0.39, 0.29) is 0 Å². The van der Waals surface area contributed by atoms with Crippen LogP contribution in [0.1, 0.15) is 11.1 Å². The molecule has 3 aromatic heterocycles. The van der Waals surface area contributed by atoms with Gasteiger partial charge in [0.05, 0.1) is 36.1 Å². The van der Waals surface area contributed by atoms with E-state index >= 15 is 0 Å². The normalized spacial score (nSPS) is 10.7. The van der Waals surface area contributed by atoms with Crippen LogP contribution in [0.25, 0.3) is 22.5 Å². The molecule has 0 fully saturated rings. The van der Waals surface area contributed by atoms with Crippen molar-refractivity contribution in [3.8, 4) is 28.6 Å². The predicted octanol–water partition coefficient (Wildman–Crippen LogP) is 3.69. The predicted molar refractivity (Wildman–Crippen MR) is 103 cm³/mol. The Hall–Kier alpha value is -3.72. The van der Waals surface area contributed by atoms with Gasteiger partial charge in [-0.05, 0) is 48.9 Å². The highest BCUT2D eigenvalue weighted by molar-refractivity contribution is 5.61. The number of nitriles is 1. The number of benzene rings is 1. The van der Waals surface area contributed by atoms with Crippen molar-refractivity contribution in [1.29, 1.82) is 5.26 Å². The van der Waals surface area contributed by atoms with Crippen LogP contribution < -0.4 is 0 Å². The average Bonchev–Trinajstić information content (AvgIpc) is 3.37. The van der Waals surface area contributed by atoms with Crippen molar-refractivity contribution >= 4 is 0 Å². The summed E-state index contributed by atoms with van der Waals surface area (Å²) in [5.74, 6) is 0. The third-order valence-corrected chi connectivity index (χ3v) is 4.44. The topological polar surface area (TPSA) is 72.3 Å². The van der Waals surface area contributed by atoms with Crippen molar-refractivity contribution in [2.45, 2.75) is 20.0 Å². The van der Waals surface area contributed by atoms with Gasteiger partial charge in [0.2, 0.25) is 0 Å². The van der Waals surface area contributed by atoms with Crippen LogP contribution in [0.5, 0.6) is 0 Å². The van der Waals surface area contributed by atoms with Crippen LogP contribution in [0.4, 0.5) is 0 Å². The molecule has 6 heteroatoms. The van der Waals surface area contributed by atoms with Gasteiger partial charge in [0.1, 0.15) is 0 Å². The fraction of sp³-hybridized carbons (Fsp3) is 0.143. The first-order valence-corrected chi connectivity index (χ1v) is 8.71. The van der Waals surface area contributed by atoms with E-state index in [1.54, 1.807) is 6.20 Å². The Balaban J connectivity index is 1.44. The first-order chi connectivity index (χ1) is 13.2. The molecule has 4 aromatic rings. The van der Waals surface area contributed by atoms with Gasteiger partial charge in [0.25, 0.3) is 0 Å². The van der Waals surface area contributed by atoms with Crippen molar-refractivity contribution in [2.75, 3.05) is 0 Å². The van der Waals surface area contributed by atoms with Crippen LogP contribution in [-0.2, 0) is 13.1 Å². The van der Waals surface area contributed by atoms with E-state index in [4.69, 9.17) is 5.26 Å². The lowest BCUT2D eigenvalue weighted by atomic mass is 10.0. The van der Waals surface area contributed by atoms with Gasteiger partial charge in [-0.3, -0.25) is 14.3 Å². The van der Waals surface area contributed by atoms with E-state index < -0.39 is 0 Å². The zero-order valence-electron chi connectivity index (χ0n) is 14.9. The molecule has 0 bridgehead atoms. The lowest BCUT2D eigenvalue weighted by Crippen LogP contribution is -2.08. The van der Waals surface area contributed by atoms with Gasteiger partial charge in [-0.2, -0.15) is 15.5 Å². The lowest BCUT2D eigenvalue weighted by Gasteiger charge is -2.03. The monoisotopic (exact) mass is 354 g/mol. The Bertz CT molecular complexity index is 1100. The molecule has 0 atom stereocenters. The Morgan fingerprint density at radius 2 is 1.63 bits per heavy atom. The molecule has 0 aliphatic rings. The van der Waals surface area contributed by atoms with E-state index in [0.29, 0.717) is 5.56 Å². The maximum Gasteiger partial charge on any atom is 0.0994 e. The molecule has 132 valence electrons. The summed E-state index contributed by atoms with van der Waals surface area (Å²) in [6.45, 7) is 3.40. The van der Waals surface area contributed by atoms with Gasteiger partial charge in [-0.1, -0.05) is 6.07 Å². The van der Waals surface area contributed by atoms with Gasteiger partial charge in [0.15, 0.2) is 0 Å². The quantitative estimate of drug-likeness (QED) is 0.548. The van der Waals surface area contributed by atoms with E-state index in [0.717, 1.165) is 41.2 Å². The maximum absolute atomic E-state index is 9.06. The third-order valence-electron chi connectivity index (χ3n) is 4.44. The summed E-state index contributed by atoms with van der Waals surface area (Å²) in [6, 6.07) is 15.9. The molecule has 0 radical (unpaired) electrons. The third kappa shape index (κ3) is 3.62. The van der Waals surface area contributed by atoms with Crippen molar-refractivity contribution < 1.29 is 0 Å². The summed E-state index contributed by atoms with van der Waals surface area (Å²) in [4.78, 5) is 4.13. The molecule has 27 heavy (non-hydrogen) atoms. The van der Waals surface area contributed by atoms with E-state index in [2.05, 4.69) is 21.3 Å². The molecule has 6 nitrogen and oxygen atoms in total. The summed E-state index contributed by atoms with van der Waals surface area (Å²) >= 11 is 0. The number of pyridine rings is 1. The Morgan fingerprint density at radius 3 is 2.22 bits per heavy atom. The average molecular weight is 354 g/mol. The zero-order chi connectivity index (χ0) is 18.6. The smallest absolute Gasteiger partial charge is 0.0994 e. The van der Waals surface area contributed by atoms with Crippen LogP contribution in [0.2, 0.25) is 0 Å². The van der Waals surface area contributed by atoms with E-state index in [1.807, 2.05) is 77.3 Å². The van der Waals surface area contributed by atoms with Crippen molar-refractivity contribution in [1.82, 2.24) is 24.5 Å². The van der Waals surface area contributed by atoms with Crippen LogP contribution in [-0.4, -0.2) is 24.5 Å². The Labute approximate surface area is 157 Å². The molecule has 0 aliphatic heterocycles. The standard InChI is InChI=1S/C21H18N6/c1-16-13-17(4-5-18(16)14-22)20-6-9-26(24-20)11-12-27-10-7-21(25-27)19-3-2-8-23-15-19/h2-10,13,15H,11-12H2,1H3. The number of hydrogen-bond donors (Lipinski definition) is 0. The molecule has 0 N–H and O–H groups in total. The zero-order valence-corrected chi connectivity index (χ0v) is 14.9. The minimum absolute atomic E-state index is 0.696. The summed E-state index contributed by atoms with van der Waals surface area (Å²) in [6.07, 6.45) is 7.50. The van der Waals surface area contributed by atoms with Gasteiger partial charge >= 0.3 is 0 Å². The molecule has 0 spiro atoms. The molecule has 0 aliphatic carbocycles. The molecule has 0 saturated heterocycles. The highest BCUT2D eigenvalue weighted by Gasteiger charge is 2.06. The Morgan fingerprint density at radius 1 is 0.926 bits per heavy atom. The van der Waals surface area contributed by atoms with E-state index in [9.17, 15) is 0 Å². The molecular formula is C21H18N6. The van der Waals surface area contributed by atoms with Gasteiger partial charge in [0, 0.05) is 35.9 Å². The number of hydrogen-bond acceptors (Lipinski definition) is 4. The SMILES string of the molecule is Cc1cc(-c2ccn(CCn3ccc(-c4cccnc4)n3)n2)ccc1C#N. The fourth-order valence-electron chi connectivity index (χ4n) is 2.95. The summed E-state index contributed by atoms with van der Waals surface area (Å²) in [5.41, 5.74) is 5.50. The minimum Gasteiger partial charge on any atom is -0.270 e. The molecule has 1 aromatic carbocycles. The number of aryl methyl sites for hydroxylation is 3. The van der Waals surface area contributed by atoms with Crippen molar-refractivity contribution in [3.05, 3.63) is 78.4 Å². The van der Waals surface area contributed by atoms with Crippen molar-refractivity contribution in [3.63, 3.8) is 0 Å². The number of rotatable bonds is 5. The largest absolute Gasteiger partial charge is 0.270 e. The summed E-state index contributed by atoms with van der Waals surface area (Å²) in [5, 5.41) is 18.3. The second-order valence-corrected chi connectivity index (χ2v) is 6.31. The fourth-order valence-corrected chi connectivity index (χ4v) is 2.95. The van der Waals surface area contributed by atoms with Crippen molar-refractivity contribution in [2.24, 2.45) is 0 Å². The molecule has 4 rings (SSSR count). The second-order valence-electron chi connectivity index (χ2n) is 6.31. The molecule has 0 amide bonds. The van der Waals surface area contributed by atoms with Gasteiger partial charge < -0.3 is 0 Å². The number of nitrogens with zero attached hydrogens (tertiary/aromatic N) is 6. The summed E-state index contributed by atoms with van der Waals surface area (Å²) < 4.78 is 3.82. The van der Waals surface area contributed by atoms with Crippen LogP contribution >= 0.6 is 0 Å². The van der Waals surface area contributed by atoms with Crippen LogP contribution in [0.3, 0.4) is 0 Å². The Kier molecular flexibility index (Phi) is 4.50. The van der Waals surface area contributed by atoms with E-state index in [1.165, 1.54) is 0 Å². The first-order valence-electron chi connectivity index (χ1n) is 8.71. The number of aromatic nitrogens is 5. The maximum atomic E-state index is 9.06. The first kappa shape index (κ1) is 16.7. The minimum atomic E-state index is 0.696. The molecule has 0 saturated carbocycles. The highest BCUT2D eigenvalue weighted by Crippen LogP contribution is 2.20.